The molecule has 0 saturated carbocycles. The van der Waals surface area contributed by atoms with E-state index in [1.807, 2.05) is 6.92 Å². The fourth-order valence-corrected chi connectivity index (χ4v) is 3.58. The van der Waals surface area contributed by atoms with Crippen LogP contribution in [-0.4, -0.2) is 74.9 Å². The van der Waals surface area contributed by atoms with Crippen molar-refractivity contribution in [3.63, 3.8) is 0 Å². The summed E-state index contributed by atoms with van der Waals surface area (Å²) in [7, 11) is 0. The Hall–Kier alpha value is -1.46. The molecule has 30 heavy (non-hydrogen) atoms. The molecule has 1 aromatic rings. The van der Waals surface area contributed by atoms with Gasteiger partial charge in [-0.2, -0.15) is 0 Å². The predicted octanol–water partition coefficient (Wildman–Crippen LogP) is 2.33. The van der Waals surface area contributed by atoms with E-state index in [9.17, 15) is 9.18 Å². The quantitative estimate of drug-likeness (QED) is 0.254. The van der Waals surface area contributed by atoms with Gasteiger partial charge in [0.2, 0.25) is 0 Å². The molecule has 2 unspecified atom stereocenters. The van der Waals surface area contributed by atoms with Crippen molar-refractivity contribution in [1.29, 1.82) is 0 Å². The lowest BCUT2D eigenvalue weighted by Gasteiger charge is -2.37. The molecule has 2 aliphatic rings. The van der Waals surface area contributed by atoms with E-state index in [-0.39, 0.29) is 47.9 Å². The van der Waals surface area contributed by atoms with Gasteiger partial charge in [-0.15, -0.1) is 24.0 Å². The zero-order valence-electron chi connectivity index (χ0n) is 17.7. The van der Waals surface area contributed by atoms with Crippen molar-refractivity contribution in [3.05, 3.63) is 35.1 Å². The van der Waals surface area contributed by atoms with Crippen LogP contribution in [0.15, 0.2) is 23.2 Å². The maximum atomic E-state index is 13.6. The van der Waals surface area contributed by atoms with E-state index < -0.39 is 0 Å². The number of hydrogen-bond donors (Lipinski definition) is 2. The van der Waals surface area contributed by atoms with E-state index in [4.69, 9.17) is 9.47 Å². The Morgan fingerprint density at radius 1 is 1.27 bits per heavy atom. The van der Waals surface area contributed by atoms with E-state index in [1.165, 1.54) is 6.07 Å². The number of aryl methyl sites for hydroxylation is 1. The molecule has 2 N–H and O–H groups in total. The van der Waals surface area contributed by atoms with Gasteiger partial charge >= 0.3 is 0 Å². The van der Waals surface area contributed by atoms with Crippen molar-refractivity contribution in [3.8, 4) is 0 Å². The Kier molecular flexibility index (Phi) is 10.3. The van der Waals surface area contributed by atoms with Gasteiger partial charge in [0.25, 0.3) is 5.91 Å². The van der Waals surface area contributed by atoms with Crippen LogP contribution in [0.25, 0.3) is 0 Å². The zero-order chi connectivity index (χ0) is 20.6. The molecule has 0 spiro atoms. The van der Waals surface area contributed by atoms with Crippen molar-refractivity contribution in [2.24, 2.45) is 4.99 Å². The molecule has 2 heterocycles. The number of guanidine groups is 1. The van der Waals surface area contributed by atoms with Crippen LogP contribution < -0.4 is 10.6 Å². The molecular weight excluding hydrogens is 502 g/mol. The van der Waals surface area contributed by atoms with Gasteiger partial charge in [-0.25, -0.2) is 4.39 Å². The third-order valence-corrected chi connectivity index (χ3v) is 5.20. The lowest BCUT2D eigenvalue weighted by molar-refractivity contribution is -0.0817. The summed E-state index contributed by atoms with van der Waals surface area (Å²) in [5.74, 6) is 0.140. The van der Waals surface area contributed by atoms with Crippen molar-refractivity contribution in [2.75, 3.05) is 45.9 Å². The molecule has 0 aliphatic carbocycles. The maximum Gasteiger partial charge on any atom is 0.251 e. The van der Waals surface area contributed by atoms with Gasteiger partial charge in [-0.05, 0) is 44.4 Å². The third kappa shape index (κ3) is 6.78. The smallest absolute Gasteiger partial charge is 0.251 e. The summed E-state index contributed by atoms with van der Waals surface area (Å²) in [6.07, 6.45) is 2.35. The highest BCUT2D eigenvalue weighted by Gasteiger charge is 2.32. The van der Waals surface area contributed by atoms with E-state index >= 15 is 0 Å². The summed E-state index contributed by atoms with van der Waals surface area (Å²) < 4.78 is 25.3. The van der Waals surface area contributed by atoms with Crippen LogP contribution >= 0.6 is 24.0 Å². The van der Waals surface area contributed by atoms with Crippen LogP contribution in [0.5, 0.6) is 0 Å². The molecule has 2 aliphatic heterocycles. The highest BCUT2D eigenvalue weighted by atomic mass is 127. The SMILES string of the molecule is CCNC(=NCCNC(=O)c1ccc(C)c(F)c1)N1CCOC(C2CCCO2)C1.I. The third-order valence-electron chi connectivity index (χ3n) is 5.20. The molecule has 2 fully saturated rings. The topological polar surface area (TPSA) is 75.2 Å². The summed E-state index contributed by atoms with van der Waals surface area (Å²) >= 11 is 0. The zero-order valence-corrected chi connectivity index (χ0v) is 20.0. The van der Waals surface area contributed by atoms with Gasteiger partial charge in [-0.3, -0.25) is 9.79 Å². The van der Waals surface area contributed by atoms with E-state index in [0.717, 1.165) is 45.0 Å². The van der Waals surface area contributed by atoms with Crippen LogP contribution in [0.2, 0.25) is 0 Å². The van der Waals surface area contributed by atoms with Crippen LogP contribution in [0, 0.1) is 12.7 Å². The summed E-state index contributed by atoms with van der Waals surface area (Å²) in [4.78, 5) is 19.0. The molecule has 0 aromatic heterocycles. The van der Waals surface area contributed by atoms with Crippen LogP contribution in [-0.2, 0) is 9.47 Å². The second kappa shape index (κ2) is 12.4. The average molecular weight is 534 g/mol. The lowest BCUT2D eigenvalue weighted by Crippen LogP contribution is -2.53. The largest absolute Gasteiger partial charge is 0.375 e. The number of hydrogen-bond acceptors (Lipinski definition) is 4. The molecular formula is C21H32FIN4O3. The Bertz CT molecular complexity index is 728. The summed E-state index contributed by atoms with van der Waals surface area (Å²) in [5, 5.41) is 6.11. The predicted molar refractivity (Wildman–Crippen MR) is 125 cm³/mol. The van der Waals surface area contributed by atoms with E-state index in [1.54, 1.807) is 19.1 Å². The Morgan fingerprint density at radius 2 is 2.07 bits per heavy atom. The minimum atomic E-state index is -0.377. The second-order valence-electron chi connectivity index (χ2n) is 7.36. The number of nitrogens with one attached hydrogen (secondary N) is 2. The molecule has 9 heteroatoms. The van der Waals surface area contributed by atoms with Gasteiger partial charge in [0.15, 0.2) is 5.96 Å². The summed E-state index contributed by atoms with van der Waals surface area (Å²) in [5.41, 5.74) is 0.838. The number of halogens is 2. The molecule has 3 rings (SSSR count). The number of nitrogens with zero attached hydrogens (tertiary/aromatic N) is 2. The first-order chi connectivity index (χ1) is 14.1. The van der Waals surface area contributed by atoms with Crippen molar-refractivity contribution < 1.29 is 18.7 Å². The van der Waals surface area contributed by atoms with Gasteiger partial charge in [-0.1, -0.05) is 6.07 Å². The van der Waals surface area contributed by atoms with Gasteiger partial charge < -0.3 is 25.0 Å². The normalized spacial score (nSPS) is 21.8. The van der Waals surface area contributed by atoms with Crippen molar-refractivity contribution in [1.82, 2.24) is 15.5 Å². The maximum absolute atomic E-state index is 13.6. The number of benzene rings is 1. The minimum absolute atomic E-state index is 0. The van der Waals surface area contributed by atoms with Gasteiger partial charge in [0.1, 0.15) is 11.9 Å². The molecule has 2 saturated heterocycles. The summed E-state index contributed by atoms with van der Waals surface area (Å²) in [6.45, 7) is 8.23. The van der Waals surface area contributed by atoms with Crippen LogP contribution in [0.1, 0.15) is 35.7 Å². The highest BCUT2D eigenvalue weighted by Crippen LogP contribution is 2.21. The standard InChI is InChI=1S/C21H31FN4O3.HI/c1-3-23-21(26-10-12-29-19(14-26)18-5-4-11-28-18)25-9-8-24-20(27)16-7-6-15(2)17(22)13-16;/h6-7,13,18-19H,3-5,8-12,14H2,1-2H3,(H,23,25)(H,24,27);1H. The van der Waals surface area contributed by atoms with Gasteiger partial charge in [0.05, 0.1) is 19.3 Å². The second-order valence-corrected chi connectivity index (χ2v) is 7.36. The number of carbonyl (C=O) groups is 1. The molecule has 2 atom stereocenters. The fourth-order valence-electron chi connectivity index (χ4n) is 3.58. The van der Waals surface area contributed by atoms with Crippen LogP contribution in [0.3, 0.4) is 0 Å². The summed E-state index contributed by atoms with van der Waals surface area (Å²) in [6, 6.07) is 4.49. The molecule has 168 valence electrons. The van der Waals surface area contributed by atoms with E-state index in [0.29, 0.717) is 30.8 Å². The number of amides is 1. The molecule has 7 nitrogen and oxygen atoms in total. The Balaban J connectivity index is 0.00000320. The number of morpholine rings is 1. The number of rotatable bonds is 6. The number of carbonyl (C=O) groups excluding carboxylic acids is 1. The molecule has 1 aromatic carbocycles. The molecule has 0 radical (unpaired) electrons. The Morgan fingerprint density at radius 3 is 2.77 bits per heavy atom. The van der Waals surface area contributed by atoms with Crippen LogP contribution in [0.4, 0.5) is 4.39 Å². The average Bonchev–Trinajstić information content (AvgIpc) is 3.27. The number of ether oxygens (including phenoxy) is 2. The monoisotopic (exact) mass is 534 g/mol. The molecule has 1 amide bonds. The van der Waals surface area contributed by atoms with Crippen molar-refractivity contribution >= 4 is 35.8 Å². The molecule has 0 bridgehead atoms. The fraction of sp³-hybridized carbons (Fsp3) is 0.619. The first-order valence-electron chi connectivity index (χ1n) is 10.4. The van der Waals surface area contributed by atoms with E-state index in [2.05, 4.69) is 20.5 Å². The lowest BCUT2D eigenvalue weighted by atomic mass is 10.1. The number of aliphatic imine (C=N–C) groups is 1. The first-order valence-corrected chi connectivity index (χ1v) is 10.4. The van der Waals surface area contributed by atoms with Crippen molar-refractivity contribution in [2.45, 2.75) is 38.9 Å². The Labute approximate surface area is 194 Å². The highest BCUT2D eigenvalue weighted by molar-refractivity contribution is 14.0. The van der Waals surface area contributed by atoms with Gasteiger partial charge in [0, 0.05) is 38.3 Å². The first kappa shape index (κ1) is 24.8. The minimum Gasteiger partial charge on any atom is -0.375 e.